The molecule has 0 aliphatic carbocycles. The summed E-state index contributed by atoms with van der Waals surface area (Å²) in [5, 5.41) is 3.10. The molecule has 1 N–H and O–H groups in total. The van der Waals surface area contributed by atoms with Gasteiger partial charge in [0.2, 0.25) is 11.8 Å². The number of hydrogen-bond donors (Lipinski definition) is 1. The number of amides is 2. The van der Waals surface area contributed by atoms with Crippen molar-refractivity contribution >= 4 is 27.7 Å². The number of nitrogens with zero attached hydrogens (tertiary/aromatic N) is 2. The van der Waals surface area contributed by atoms with Gasteiger partial charge in [-0.2, -0.15) is 0 Å². The third kappa shape index (κ3) is 4.36. The van der Waals surface area contributed by atoms with Gasteiger partial charge in [0, 0.05) is 43.1 Å². The Kier molecular flexibility index (Phi) is 5.89. The van der Waals surface area contributed by atoms with E-state index in [1.807, 2.05) is 21.9 Å². The number of carbonyl (C=O) groups excluding carboxylic acids is 2. The maximum Gasteiger partial charge on any atom is 0.236 e. The quantitative estimate of drug-likeness (QED) is 0.848. The number of halogens is 1. The number of aryl methyl sites for hydroxylation is 1. The molecule has 2 fully saturated rings. The number of nitrogens with one attached hydrogen (secondary N) is 1. The Balaban J connectivity index is 1.52. The molecule has 0 aromatic heterocycles. The first-order valence-electron chi connectivity index (χ1n) is 8.66. The Labute approximate surface area is 151 Å². The Morgan fingerprint density at radius 1 is 1.25 bits per heavy atom. The van der Waals surface area contributed by atoms with Crippen LogP contribution in [0.3, 0.4) is 0 Å². The summed E-state index contributed by atoms with van der Waals surface area (Å²) < 4.78 is 1.05. The zero-order valence-corrected chi connectivity index (χ0v) is 15.4. The van der Waals surface area contributed by atoms with Crippen LogP contribution in [0.25, 0.3) is 0 Å². The average Bonchev–Trinajstić information content (AvgIpc) is 2.61. The number of piperazine rings is 1. The summed E-state index contributed by atoms with van der Waals surface area (Å²) in [5.41, 5.74) is 1.18. The predicted molar refractivity (Wildman–Crippen MR) is 96.6 cm³/mol. The lowest BCUT2D eigenvalue weighted by Crippen LogP contribution is -2.57. The minimum Gasteiger partial charge on any atom is -0.341 e. The summed E-state index contributed by atoms with van der Waals surface area (Å²) in [4.78, 5) is 28.5. The zero-order chi connectivity index (χ0) is 16.9. The summed E-state index contributed by atoms with van der Waals surface area (Å²) >= 11 is 3.43. The van der Waals surface area contributed by atoms with E-state index in [2.05, 4.69) is 33.4 Å². The van der Waals surface area contributed by atoms with Crippen LogP contribution in [0.5, 0.6) is 0 Å². The van der Waals surface area contributed by atoms with E-state index in [-0.39, 0.29) is 17.9 Å². The highest BCUT2D eigenvalue weighted by Crippen LogP contribution is 2.19. The topological polar surface area (TPSA) is 52.7 Å². The van der Waals surface area contributed by atoms with Crippen molar-refractivity contribution in [2.45, 2.75) is 31.7 Å². The Hall–Kier alpha value is -1.40. The van der Waals surface area contributed by atoms with Crippen molar-refractivity contribution in [1.82, 2.24) is 15.1 Å². The molecule has 2 amide bonds. The molecule has 24 heavy (non-hydrogen) atoms. The molecule has 2 heterocycles. The van der Waals surface area contributed by atoms with Gasteiger partial charge in [0.1, 0.15) is 0 Å². The average molecular weight is 394 g/mol. The van der Waals surface area contributed by atoms with E-state index in [0.29, 0.717) is 19.5 Å². The molecular weight excluding hydrogens is 370 g/mol. The number of rotatable bonds is 4. The highest BCUT2D eigenvalue weighted by Gasteiger charge is 2.31. The summed E-state index contributed by atoms with van der Waals surface area (Å²) in [6, 6.07) is 8.30. The van der Waals surface area contributed by atoms with E-state index in [9.17, 15) is 9.59 Å². The summed E-state index contributed by atoms with van der Waals surface area (Å²) in [6.07, 6.45) is 3.28. The van der Waals surface area contributed by atoms with Crippen LogP contribution in [-0.4, -0.2) is 60.4 Å². The number of benzene rings is 1. The molecule has 2 aliphatic heterocycles. The Bertz CT molecular complexity index is 590. The molecule has 0 radical (unpaired) electrons. The normalized spacial score (nSPS) is 21.9. The van der Waals surface area contributed by atoms with Crippen molar-refractivity contribution in [2.75, 3.05) is 32.7 Å². The molecule has 0 saturated carbocycles. The molecule has 5 nitrogen and oxygen atoms in total. The van der Waals surface area contributed by atoms with Crippen molar-refractivity contribution in [3.8, 4) is 0 Å². The molecule has 1 unspecified atom stereocenters. The van der Waals surface area contributed by atoms with E-state index in [1.54, 1.807) is 0 Å². The lowest BCUT2D eigenvalue weighted by atomic mass is 10.0. The molecule has 0 bridgehead atoms. The second-order valence-electron chi connectivity index (χ2n) is 6.53. The Morgan fingerprint density at radius 2 is 2.04 bits per heavy atom. The second kappa shape index (κ2) is 8.12. The van der Waals surface area contributed by atoms with E-state index in [4.69, 9.17) is 0 Å². The van der Waals surface area contributed by atoms with E-state index >= 15 is 0 Å². The first-order chi connectivity index (χ1) is 11.6. The van der Waals surface area contributed by atoms with Gasteiger partial charge in [0.25, 0.3) is 0 Å². The van der Waals surface area contributed by atoms with Crippen molar-refractivity contribution in [3.05, 3.63) is 34.3 Å². The summed E-state index contributed by atoms with van der Waals surface area (Å²) in [5.74, 6) is 0.362. The molecular formula is C18H24BrN3O2. The van der Waals surface area contributed by atoms with Crippen LogP contribution in [0.15, 0.2) is 28.7 Å². The summed E-state index contributed by atoms with van der Waals surface area (Å²) in [6.45, 7) is 3.53. The van der Waals surface area contributed by atoms with Gasteiger partial charge in [-0.25, -0.2) is 0 Å². The SMILES string of the molecule is O=C(CCc1ccc(Br)cc1)N1CCCC(N2CCNCC2=O)C1. The second-order valence-corrected chi connectivity index (χ2v) is 7.44. The molecule has 1 atom stereocenters. The molecule has 130 valence electrons. The largest absolute Gasteiger partial charge is 0.341 e. The van der Waals surface area contributed by atoms with Crippen LogP contribution in [0.4, 0.5) is 0 Å². The van der Waals surface area contributed by atoms with Gasteiger partial charge in [-0.3, -0.25) is 9.59 Å². The fourth-order valence-corrected chi connectivity index (χ4v) is 3.77. The van der Waals surface area contributed by atoms with Crippen LogP contribution in [0.2, 0.25) is 0 Å². The standard InChI is InChI=1S/C18H24BrN3O2/c19-15-6-3-14(4-7-15)5-8-17(23)21-10-1-2-16(13-21)22-11-9-20-12-18(22)24/h3-4,6-7,16,20H,1-2,5,8-13H2. The predicted octanol–water partition coefficient (Wildman–Crippen LogP) is 1.80. The summed E-state index contributed by atoms with van der Waals surface area (Å²) in [7, 11) is 0. The molecule has 3 rings (SSSR count). The maximum atomic E-state index is 12.5. The number of carbonyl (C=O) groups is 2. The fraction of sp³-hybridized carbons (Fsp3) is 0.556. The van der Waals surface area contributed by atoms with Crippen molar-refractivity contribution < 1.29 is 9.59 Å². The van der Waals surface area contributed by atoms with E-state index < -0.39 is 0 Å². The van der Waals surface area contributed by atoms with E-state index in [1.165, 1.54) is 5.56 Å². The van der Waals surface area contributed by atoms with Crippen molar-refractivity contribution in [2.24, 2.45) is 0 Å². The molecule has 0 spiro atoms. The number of piperidine rings is 1. The molecule has 6 heteroatoms. The molecule has 2 aliphatic rings. The van der Waals surface area contributed by atoms with Crippen LogP contribution in [0, 0.1) is 0 Å². The smallest absolute Gasteiger partial charge is 0.236 e. The van der Waals surface area contributed by atoms with E-state index in [0.717, 1.165) is 43.4 Å². The van der Waals surface area contributed by atoms with Crippen LogP contribution < -0.4 is 5.32 Å². The zero-order valence-electron chi connectivity index (χ0n) is 13.8. The van der Waals surface area contributed by atoms with Crippen molar-refractivity contribution in [3.63, 3.8) is 0 Å². The lowest BCUT2D eigenvalue weighted by Gasteiger charge is -2.41. The third-order valence-corrected chi connectivity index (χ3v) is 5.39. The molecule has 1 aromatic rings. The maximum absolute atomic E-state index is 12.5. The van der Waals surface area contributed by atoms with Gasteiger partial charge >= 0.3 is 0 Å². The van der Waals surface area contributed by atoms with Crippen LogP contribution in [0.1, 0.15) is 24.8 Å². The highest BCUT2D eigenvalue weighted by atomic mass is 79.9. The number of hydrogen-bond acceptors (Lipinski definition) is 3. The first kappa shape index (κ1) is 17.4. The van der Waals surface area contributed by atoms with Gasteiger partial charge in [0.15, 0.2) is 0 Å². The highest BCUT2D eigenvalue weighted by molar-refractivity contribution is 9.10. The molecule has 2 saturated heterocycles. The monoisotopic (exact) mass is 393 g/mol. The van der Waals surface area contributed by atoms with Crippen LogP contribution in [-0.2, 0) is 16.0 Å². The third-order valence-electron chi connectivity index (χ3n) is 4.86. The van der Waals surface area contributed by atoms with Crippen LogP contribution >= 0.6 is 15.9 Å². The number of likely N-dealkylation sites (tertiary alicyclic amines) is 1. The minimum atomic E-state index is 0.162. The molecule has 1 aromatic carbocycles. The Morgan fingerprint density at radius 3 is 2.79 bits per heavy atom. The van der Waals surface area contributed by atoms with Gasteiger partial charge in [-0.15, -0.1) is 0 Å². The van der Waals surface area contributed by atoms with Gasteiger partial charge in [-0.1, -0.05) is 28.1 Å². The minimum absolute atomic E-state index is 0.162. The van der Waals surface area contributed by atoms with Gasteiger partial charge in [-0.05, 0) is 37.0 Å². The van der Waals surface area contributed by atoms with Gasteiger partial charge in [0.05, 0.1) is 6.54 Å². The lowest BCUT2D eigenvalue weighted by molar-refractivity contribution is -0.140. The van der Waals surface area contributed by atoms with Gasteiger partial charge < -0.3 is 15.1 Å². The van der Waals surface area contributed by atoms with Crippen molar-refractivity contribution in [1.29, 1.82) is 0 Å². The first-order valence-corrected chi connectivity index (χ1v) is 9.45. The fourth-order valence-electron chi connectivity index (χ4n) is 3.50.